The average Bonchev–Trinajstić information content (AvgIpc) is 2.28. The van der Waals surface area contributed by atoms with Crippen molar-refractivity contribution in [3.63, 3.8) is 0 Å². The van der Waals surface area contributed by atoms with Crippen LogP contribution in [-0.2, 0) is 0 Å². The molecule has 0 bridgehead atoms. The maximum Gasteiger partial charge on any atom is 0.270 e. The molecule has 1 aromatic rings. The van der Waals surface area contributed by atoms with Crippen molar-refractivity contribution in [3.8, 4) is 0 Å². The molecular weight excluding hydrogens is 234 g/mol. The molecule has 17 heavy (non-hydrogen) atoms. The number of pyridine rings is 1. The first kappa shape index (κ1) is 12.2. The molecule has 1 aromatic heterocycles. The third kappa shape index (κ3) is 2.72. The fourth-order valence-electron chi connectivity index (χ4n) is 1.93. The standard InChI is InChI=1S/C12H17N3OS/c1-17-12(6-3-7-12)8-14-11(16)9-4-2-5-10(13)15-9/h2,4-5H,3,6-8H2,1H3,(H2,13,15)(H,14,16). The van der Waals surface area contributed by atoms with E-state index >= 15 is 0 Å². The highest BCUT2D eigenvalue weighted by Crippen LogP contribution is 2.42. The number of nitrogens with zero attached hydrogens (tertiary/aromatic N) is 1. The van der Waals surface area contributed by atoms with Gasteiger partial charge in [0.15, 0.2) is 0 Å². The van der Waals surface area contributed by atoms with Crippen molar-refractivity contribution < 1.29 is 4.79 Å². The molecule has 0 radical (unpaired) electrons. The predicted octanol–water partition coefficient (Wildman–Crippen LogP) is 1.68. The van der Waals surface area contributed by atoms with Crippen LogP contribution in [0.25, 0.3) is 0 Å². The number of nitrogen functional groups attached to an aromatic ring is 1. The van der Waals surface area contributed by atoms with Crippen LogP contribution in [0.5, 0.6) is 0 Å². The van der Waals surface area contributed by atoms with E-state index in [1.165, 1.54) is 19.3 Å². The molecular formula is C12H17N3OS. The molecule has 0 saturated heterocycles. The Labute approximate surface area is 105 Å². The summed E-state index contributed by atoms with van der Waals surface area (Å²) in [5.41, 5.74) is 5.94. The fourth-order valence-corrected chi connectivity index (χ4v) is 2.85. The Hall–Kier alpha value is -1.23. The number of anilines is 1. The normalized spacial score (nSPS) is 17.2. The highest BCUT2D eigenvalue weighted by molar-refractivity contribution is 8.00. The summed E-state index contributed by atoms with van der Waals surface area (Å²) in [4.78, 5) is 15.9. The van der Waals surface area contributed by atoms with Crippen molar-refractivity contribution in [1.29, 1.82) is 0 Å². The second-order valence-electron chi connectivity index (χ2n) is 4.37. The summed E-state index contributed by atoms with van der Waals surface area (Å²) in [6, 6.07) is 5.09. The number of hydrogen-bond acceptors (Lipinski definition) is 4. The first-order valence-electron chi connectivity index (χ1n) is 5.71. The monoisotopic (exact) mass is 251 g/mol. The van der Waals surface area contributed by atoms with Gasteiger partial charge >= 0.3 is 0 Å². The molecule has 0 aromatic carbocycles. The second-order valence-corrected chi connectivity index (χ2v) is 5.65. The van der Waals surface area contributed by atoms with E-state index in [0.717, 1.165) is 0 Å². The molecule has 92 valence electrons. The van der Waals surface area contributed by atoms with Gasteiger partial charge in [0.05, 0.1) is 0 Å². The maximum atomic E-state index is 11.9. The lowest BCUT2D eigenvalue weighted by atomic mass is 9.84. The van der Waals surface area contributed by atoms with Crippen LogP contribution >= 0.6 is 11.8 Å². The molecule has 1 aliphatic rings. The number of hydrogen-bond donors (Lipinski definition) is 2. The van der Waals surface area contributed by atoms with Gasteiger partial charge in [-0.3, -0.25) is 4.79 Å². The molecule has 5 heteroatoms. The van der Waals surface area contributed by atoms with E-state index in [9.17, 15) is 4.79 Å². The highest BCUT2D eigenvalue weighted by atomic mass is 32.2. The second kappa shape index (κ2) is 4.96. The van der Waals surface area contributed by atoms with Gasteiger partial charge < -0.3 is 11.1 Å². The third-order valence-corrected chi connectivity index (χ3v) is 4.69. The molecule has 3 N–H and O–H groups in total. The maximum absolute atomic E-state index is 11.9. The molecule has 1 fully saturated rings. The number of aromatic nitrogens is 1. The number of rotatable bonds is 4. The lowest BCUT2D eigenvalue weighted by Gasteiger charge is -2.40. The average molecular weight is 251 g/mol. The van der Waals surface area contributed by atoms with Gasteiger partial charge in [-0.1, -0.05) is 12.5 Å². The number of nitrogens with two attached hydrogens (primary N) is 1. The van der Waals surface area contributed by atoms with E-state index < -0.39 is 0 Å². The van der Waals surface area contributed by atoms with Gasteiger partial charge in [0, 0.05) is 11.3 Å². The third-order valence-electron chi connectivity index (χ3n) is 3.27. The summed E-state index contributed by atoms with van der Waals surface area (Å²) < 4.78 is 0.246. The topological polar surface area (TPSA) is 68.0 Å². The zero-order chi connectivity index (χ0) is 12.3. The van der Waals surface area contributed by atoms with Crippen molar-refractivity contribution in [3.05, 3.63) is 23.9 Å². The molecule has 0 unspecified atom stereocenters. The van der Waals surface area contributed by atoms with Crippen molar-refractivity contribution in [1.82, 2.24) is 10.3 Å². The smallest absolute Gasteiger partial charge is 0.270 e. The van der Waals surface area contributed by atoms with Crippen molar-refractivity contribution in [2.75, 3.05) is 18.5 Å². The first-order chi connectivity index (χ1) is 8.15. The zero-order valence-electron chi connectivity index (χ0n) is 9.90. The Morgan fingerprint density at radius 1 is 1.59 bits per heavy atom. The van der Waals surface area contributed by atoms with E-state index in [2.05, 4.69) is 16.6 Å². The quantitative estimate of drug-likeness (QED) is 0.854. The van der Waals surface area contributed by atoms with E-state index in [1.54, 1.807) is 18.2 Å². The highest BCUT2D eigenvalue weighted by Gasteiger charge is 2.36. The van der Waals surface area contributed by atoms with E-state index in [-0.39, 0.29) is 10.7 Å². The number of carbonyl (C=O) groups is 1. The summed E-state index contributed by atoms with van der Waals surface area (Å²) in [6.07, 6.45) is 5.72. The van der Waals surface area contributed by atoms with Gasteiger partial charge in [-0.05, 0) is 31.2 Å². The predicted molar refractivity (Wildman–Crippen MR) is 71.1 cm³/mol. The van der Waals surface area contributed by atoms with Crippen LogP contribution in [0.2, 0.25) is 0 Å². The number of carbonyl (C=O) groups excluding carboxylic acids is 1. The van der Waals surface area contributed by atoms with Crippen molar-refractivity contribution >= 4 is 23.5 Å². The van der Waals surface area contributed by atoms with Crippen molar-refractivity contribution in [2.45, 2.75) is 24.0 Å². The lowest BCUT2D eigenvalue weighted by molar-refractivity contribution is 0.0939. The molecule has 0 aliphatic heterocycles. The van der Waals surface area contributed by atoms with Crippen molar-refractivity contribution in [2.24, 2.45) is 0 Å². The van der Waals surface area contributed by atoms with Gasteiger partial charge in [0.1, 0.15) is 11.5 Å². The van der Waals surface area contributed by atoms with Gasteiger partial charge in [-0.15, -0.1) is 0 Å². The van der Waals surface area contributed by atoms with Crippen LogP contribution in [-0.4, -0.2) is 28.4 Å². The molecule has 1 aliphatic carbocycles. The summed E-state index contributed by atoms with van der Waals surface area (Å²) in [5, 5.41) is 2.94. The lowest BCUT2D eigenvalue weighted by Crippen LogP contribution is -2.45. The van der Waals surface area contributed by atoms with Gasteiger partial charge in [-0.2, -0.15) is 11.8 Å². The van der Waals surface area contributed by atoms with Gasteiger partial charge in [0.2, 0.25) is 0 Å². The Morgan fingerprint density at radius 3 is 2.88 bits per heavy atom. The van der Waals surface area contributed by atoms with E-state index in [1.807, 2.05) is 11.8 Å². The minimum Gasteiger partial charge on any atom is -0.384 e. The van der Waals surface area contributed by atoms with E-state index in [4.69, 9.17) is 5.73 Å². The summed E-state index contributed by atoms with van der Waals surface area (Å²) in [5.74, 6) is 0.235. The molecule has 0 spiro atoms. The Bertz CT molecular complexity index is 412. The summed E-state index contributed by atoms with van der Waals surface area (Å²) >= 11 is 1.84. The summed E-state index contributed by atoms with van der Waals surface area (Å²) in [6.45, 7) is 0.712. The van der Waals surface area contributed by atoms with Crippen LogP contribution in [0, 0.1) is 0 Å². The van der Waals surface area contributed by atoms with Crippen LogP contribution < -0.4 is 11.1 Å². The minimum absolute atomic E-state index is 0.141. The Kier molecular flexibility index (Phi) is 3.57. The van der Waals surface area contributed by atoms with Crippen LogP contribution in [0.1, 0.15) is 29.8 Å². The van der Waals surface area contributed by atoms with E-state index in [0.29, 0.717) is 18.1 Å². The SMILES string of the molecule is CSC1(CNC(=O)c2cccc(N)n2)CCC1. The molecule has 2 rings (SSSR count). The largest absolute Gasteiger partial charge is 0.384 e. The fraction of sp³-hybridized carbons (Fsp3) is 0.500. The zero-order valence-corrected chi connectivity index (χ0v) is 10.7. The Balaban J connectivity index is 1.93. The van der Waals surface area contributed by atoms with Gasteiger partial charge in [-0.25, -0.2) is 4.98 Å². The molecule has 1 saturated carbocycles. The molecule has 1 heterocycles. The number of amides is 1. The minimum atomic E-state index is -0.141. The molecule has 4 nitrogen and oxygen atoms in total. The summed E-state index contributed by atoms with van der Waals surface area (Å²) in [7, 11) is 0. The molecule has 0 atom stereocenters. The van der Waals surface area contributed by atoms with Crippen LogP contribution in [0.15, 0.2) is 18.2 Å². The van der Waals surface area contributed by atoms with Crippen LogP contribution in [0.4, 0.5) is 5.82 Å². The molecule has 1 amide bonds. The van der Waals surface area contributed by atoms with Gasteiger partial charge in [0.25, 0.3) is 5.91 Å². The van der Waals surface area contributed by atoms with Crippen LogP contribution in [0.3, 0.4) is 0 Å². The number of thioether (sulfide) groups is 1. The Morgan fingerprint density at radius 2 is 2.35 bits per heavy atom. The first-order valence-corrected chi connectivity index (χ1v) is 6.94. The number of nitrogens with one attached hydrogen (secondary N) is 1.